The van der Waals surface area contributed by atoms with Crippen molar-refractivity contribution in [2.75, 3.05) is 37.3 Å². The Morgan fingerprint density at radius 1 is 1.25 bits per heavy atom. The molecule has 1 saturated heterocycles. The summed E-state index contributed by atoms with van der Waals surface area (Å²) >= 11 is 5.10. The van der Waals surface area contributed by atoms with Crippen LogP contribution in [0.3, 0.4) is 0 Å². The number of anilines is 1. The summed E-state index contributed by atoms with van der Waals surface area (Å²) in [6.07, 6.45) is 1.26. The molecule has 0 aliphatic carbocycles. The maximum absolute atomic E-state index is 11.5. The molecule has 0 atom stereocenters. The molecule has 20 heavy (non-hydrogen) atoms. The van der Waals surface area contributed by atoms with E-state index in [0.717, 1.165) is 19.8 Å². The molecule has 2 aromatic rings. The molecule has 0 amide bonds. The number of rotatable bonds is 2. The van der Waals surface area contributed by atoms with Crippen LogP contribution in [0.1, 0.15) is 0 Å². The Balaban J connectivity index is 1.80. The first-order valence-electron chi connectivity index (χ1n) is 6.20. The van der Waals surface area contributed by atoms with Gasteiger partial charge in [0, 0.05) is 30.7 Å². The van der Waals surface area contributed by atoms with E-state index in [0.29, 0.717) is 26.2 Å². The van der Waals surface area contributed by atoms with E-state index in [1.54, 1.807) is 11.3 Å². The van der Waals surface area contributed by atoms with Crippen LogP contribution in [-0.4, -0.2) is 50.1 Å². The summed E-state index contributed by atoms with van der Waals surface area (Å²) in [5, 5.41) is 0.964. The third-order valence-electron chi connectivity index (χ3n) is 3.32. The van der Waals surface area contributed by atoms with E-state index in [1.807, 2.05) is 12.1 Å². The minimum Gasteiger partial charge on any atom is -0.345 e. The summed E-state index contributed by atoms with van der Waals surface area (Å²) in [4.78, 5) is 6.77. The first-order chi connectivity index (χ1) is 9.43. The van der Waals surface area contributed by atoms with Gasteiger partial charge in [-0.15, -0.1) is 0 Å². The van der Waals surface area contributed by atoms with Crippen LogP contribution in [0.15, 0.2) is 22.7 Å². The molecule has 8 heteroatoms. The summed E-state index contributed by atoms with van der Waals surface area (Å²) in [7, 11) is -3.08. The van der Waals surface area contributed by atoms with Gasteiger partial charge in [0.25, 0.3) is 0 Å². The molecular weight excluding hydrogens is 362 g/mol. The van der Waals surface area contributed by atoms with Crippen LogP contribution in [0, 0.1) is 0 Å². The lowest BCUT2D eigenvalue weighted by Crippen LogP contribution is -2.48. The van der Waals surface area contributed by atoms with E-state index >= 15 is 0 Å². The number of hydrogen-bond donors (Lipinski definition) is 0. The Morgan fingerprint density at radius 3 is 2.60 bits per heavy atom. The number of fused-ring (bicyclic) bond motifs is 1. The standard InChI is InChI=1S/C12H14BrN3O2S2/c1-20(17,18)16-6-4-15(5-7-16)12-14-10-3-2-9(13)8-11(10)19-12/h2-3,8H,4-7H2,1H3. The van der Waals surface area contributed by atoms with Gasteiger partial charge < -0.3 is 4.90 Å². The molecule has 0 bridgehead atoms. The summed E-state index contributed by atoms with van der Waals surface area (Å²) in [6.45, 7) is 2.43. The summed E-state index contributed by atoms with van der Waals surface area (Å²) in [5.41, 5.74) is 0.985. The van der Waals surface area contributed by atoms with E-state index in [4.69, 9.17) is 0 Å². The van der Waals surface area contributed by atoms with E-state index in [9.17, 15) is 8.42 Å². The van der Waals surface area contributed by atoms with Gasteiger partial charge in [-0.05, 0) is 18.2 Å². The topological polar surface area (TPSA) is 53.5 Å². The average Bonchev–Trinajstić information content (AvgIpc) is 2.80. The molecule has 1 aromatic carbocycles. The van der Waals surface area contributed by atoms with Gasteiger partial charge in [-0.2, -0.15) is 4.31 Å². The quantitative estimate of drug-likeness (QED) is 0.806. The molecule has 108 valence electrons. The number of benzene rings is 1. The number of nitrogens with zero attached hydrogens (tertiary/aromatic N) is 3. The Bertz CT molecular complexity index is 736. The van der Waals surface area contributed by atoms with Gasteiger partial charge in [-0.25, -0.2) is 13.4 Å². The normalized spacial score (nSPS) is 17.8. The van der Waals surface area contributed by atoms with Crippen LogP contribution in [0.2, 0.25) is 0 Å². The average molecular weight is 376 g/mol. The highest BCUT2D eigenvalue weighted by molar-refractivity contribution is 9.10. The molecular formula is C12H14BrN3O2S2. The Morgan fingerprint density at radius 2 is 1.95 bits per heavy atom. The monoisotopic (exact) mass is 375 g/mol. The van der Waals surface area contributed by atoms with Gasteiger partial charge in [-0.1, -0.05) is 27.3 Å². The maximum Gasteiger partial charge on any atom is 0.211 e. The molecule has 0 saturated carbocycles. The van der Waals surface area contributed by atoms with Crippen LogP contribution in [-0.2, 0) is 10.0 Å². The third-order valence-corrected chi connectivity index (χ3v) is 6.19. The molecule has 0 unspecified atom stereocenters. The van der Waals surface area contributed by atoms with Crippen molar-refractivity contribution in [1.82, 2.24) is 9.29 Å². The SMILES string of the molecule is CS(=O)(=O)N1CCN(c2nc3ccc(Br)cc3s2)CC1. The first kappa shape index (κ1) is 14.2. The third kappa shape index (κ3) is 2.83. The predicted molar refractivity (Wildman–Crippen MR) is 85.9 cm³/mol. The minimum absolute atomic E-state index is 0.526. The molecule has 1 aromatic heterocycles. The lowest BCUT2D eigenvalue weighted by molar-refractivity contribution is 0.388. The van der Waals surface area contributed by atoms with E-state index < -0.39 is 10.0 Å². The highest BCUT2D eigenvalue weighted by Gasteiger charge is 2.24. The van der Waals surface area contributed by atoms with Gasteiger partial charge in [0.05, 0.1) is 16.5 Å². The second kappa shape index (κ2) is 5.25. The van der Waals surface area contributed by atoms with Crippen molar-refractivity contribution in [3.8, 4) is 0 Å². The van der Waals surface area contributed by atoms with Crippen LogP contribution < -0.4 is 4.90 Å². The smallest absolute Gasteiger partial charge is 0.211 e. The molecule has 1 aliphatic heterocycles. The molecule has 0 N–H and O–H groups in total. The Labute approximate surface area is 130 Å². The van der Waals surface area contributed by atoms with Gasteiger partial charge in [0.1, 0.15) is 0 Å². The van der Waals surface area contributed by atoms with E-state index in [-0.39, 0.29) is 0 Å². The lowest BCUT2D eigenvalue weighted by Gasteiger charge is -2.32. The molecule has 5 nitrogen and oxygen atoms in total. The fraction of sp³-hybridized carbons (Fsp3) is 0.417. The van der Waals surface area contributed by atoms with Crippen molar-refractivity contribution in [3.05, 3.63) is 22.7 Å². The predicted octanol–water partition coefficient (Wildman–Crippen LogP) is 2.14. The van der Waals surface area contributed by atoms with Crippen LogP contribution in [0.25, 0.3) is 10.2 Å². The largest absolute Gasteiger partial charge is 0.345 e. The highest BCUT2D eigenvalue weighted by Crippen LogP contribution is 2.31. The molecule has 1 aliphatic rings. The van der Waals surface area contributed by atoms with Crippen LogP contribution >= 0.6 is 27.3 Å². The van der Waals surface area contributed by atoms with Gasteiger partial charge in [0.15, 0.2) is 5.13 Å². The fourth-order valence-corrected chi connectivity index (χ4v) is 4.63. The lowest BCUT2D eigenvalue weighted by atomic mass is 10.3. The van der Waals surface area contributed by atoms with E-state index in [2.05, 4.69) is 31.9 Å². The number of piperazine rings is 1. The van der Waals surface area contributed by atoms with Gasteiger partial charge >= 0.3 is 0 Å². The number of hydrogen-bond acceptors (Lipinski definition) is 5. The summed E-state index contributed by atoms with van der Waals surface area (Å²) < 4.78 is 26.7. The van der Waals surface area contributed by atoms with Crippen molar-refractivity contribution in [2.45, 2.75) is 0 Å². The zero-order valence-corrected chi connectivity index (χ0v) is 14.1. The molecule has 1 fully saturated rings. The van der Waals surface area contributed by atoms with Gasteiger partial charge in [0.2, 0.25) is 10.0 Å². The second-order valence-corrected chi connectivity index (χ2v) is 8.66. The number of halogens is 1. The maximum atomic E-state index is 11.5. The minimum atomic E-state index is -3.08. The second-order valence-electron chi connectivity index (χ2n) is 4.76. The van der Waals surface area contributed by atoms with Crippen molar-refractivity contribution < 1.29 is 8.42 Å². The molecule has 0 radical (unpaired) electrons. The zero-order valence-electron chi connectivity index (χ0n) is 10.9. The summed E-state index contributed by atoms with van der Waals surface area (Å²) in [5.74, 6) is 0. The van der Waals surface area contributed by atoms with Gasteiger partial charge in [-0.3, -0.25) is 0 Å². The van der Waals surface area contributed by atoms with Crippen molar-refractivity contribution in [2.24, 2.45) is 0 Å². The zero-order chi connectivity index (χ0) is 14.3. The molecule has 2 heterocycles. The van der Waals surface area contributed by atoms with E-state index in [1.165, 1.54) is 10.6 Å². The van der Waals surface area contributed by atoms with Crippen molar-refractivity contribution in [3.63, 3.8) is 0 Å². The van der Waals surface area contributed by atoms with Crippen LogP contribution in [0.5, 0.6) is 0 Å². The van der Waals surface area contributed by atoms with Crippen molar-refractivity contribution >= 4 is 52.6 Å². The Kier molecular flexibility index (Phi) is 3.74. The molecule has 3 rings (SSSR count). The number of thiazole rings is 1. The number of aromatic nitrogens is 1. The number of sulfonamides is 1. The molecule has 0 spiro atoms. The van der Waals surface area contributed by atoms with Crippen LogP contribution in [0.4, 0.5) is 5.13 Å². The highest BCUT2D eigenvalue weighted by atomic mass is 79.9. The Hall–Kier alpha value is -0.700. The first-order valence-corrected chi connectivity index (χ1v) is 9.65. The fourth-order valence-electron chi connectivity index (χ4n) is 2.23. The summed E-state index contributed by atoms with van der Waals surface area (Å²) in [6, 6.07) is 6.03. The van der Waals surface area contributed by atoms with Crippen molar-refractivity contribution in [1.29, 1.82) is 0 Å².